The number of methoxy groups -OCH3 is 1. The SMILES string of the molecule is COCCN(Cc1cnc(S(=O)(=O)Cc2ccccc2F)n1CC1CCCO1)C(=O)Cc1ccccc1. The summed E-state index contributed by atoms with van der Waals surface area (Å²) in [6, 6.07) is 15.2. The minimum absolute atomic E-state index is 0.0791. The number of carbonyl (C=O) groups excluding carboxylic acids is 1. The third-order valence-electron chi connectivity index (χ3n) is 6.36. The van der Waals surface area contributed by atoms with E-state index in [1.54, 1.807) is 22.6 Å². The van der Waals surface area contributed by atoms with Crippen LogP contribution in [0.25, 0.3) is 0 Å². The zero-order valence-corrected chi connectivity index (χ0v) is 21.7. The zero-order chi connectivity index (χ0) is 26.3. The summed E-state index contributed by atoms with van der Waals surface area (Å²) in [5.41, 5.74) is 1.53. The lowest BCUT2D eigenvalue weighted by Crippen LogP contribution is -2.35. The van der Waals surface area contributed by atoms with Gasteiger partial charge in [0.1, 0.15) is 5.82 Å². The number of ether oxygens (including phenoxy) is 2. The molecule has 8 nitrogen and oxygen atoms in total. The fourth-order valence-electron chi connectivity index (χ4n) is 4.41. The lowest BCUT2D eigenvalue weighted by molar-refractivity contribution is -0.131. The molecule has 0 aliphatic carbocycles. The number of sulfone groups is 1. The van der Waals surface area contributed by atoms with Gasteiger partial charge in [-0.25, -0.2) is 17.8 Å². The Labute approximate surface area is 216 Å². The van der Waals surface area contributed by atoms with Gasteiger partial charge in [0.15, 0.2) is 0 Å². The fourth-order valence-corrected chi connectivity index (χ4v) is 5.92. The average Bonchev–Trinajstić information content (AvgIpc) is 3.54. The van der Waals surface area contributed by atoms with Crippen molar-refractivity contribution in [3.63, 3.8) is 0 Å². The maximum Gasteiger partial charge on any atom is 0.228 e. The molecule has 1 aliphatic heterocycles. The van der Waals surface area contributed by atoms with Crippen molar-refractivity contribution in [1.29, 1.82) is 0 Å². The van der Waals surface area contributed by atoms with Crippen molar-refractivity contribution in [3.8, 4) is 0 Å². The number of aromatic nitrogens is 2. The number of imidazole rings is 1. The molecule has 0 bridgehead atoms. The normalized spacial score (nSPS) is 15.7. The Bertz CT molecular complexity index is 1290. The molecular weight excluding hydrogens is 497 g/mol. The number of benzene rings is 2. The van der Waals surface area contributed by atoms with Gasteiger partial charge in [-0.1, -0.05) is 48.5 Å². The summed E-state index contributed by atoms with van der Waals surface area (Å²) in [5, 5.41) is -0.150. The number of amides is 1. The van der Waals surface area contributed by atoms with E-state index in [2.05, 4.69) is 4.98 Å². The molecule has 198 valence electrons. The first-order chi connectivity index (χ1) is 17.9. The van der Waals surface area contributed by atoms with E-state index in [1.807, 2.05) is 30.3 Å². The Morgan fingerprint density at radius 1 is 1.19 bits per heavy atom. The minimum Gasteiger partial charge on any atom is -0.383 e. The average molecular weight is 530 g/mol. The van der Waals surface area contributed by atoms with Crippen molar-refractivity contribution in [3.05, 3.63) is 83.4 Å². The van der Waals surface area contributed by atoms with Crippen LogP contribution in [0.3, 0.4) is 0 Å². The number of halogens is 1. The maximum atomic E-state index is 14.3. The molecule has 0 radical (unpaired) electrons. The Kier molecular flexibility index (Phi) is 9.07. The first-order valence-corrected chi connectivity index (χ1v) is 14.0. The van der Waals surface area contributed by atoms with Crippen LogP contribution in [0.5, 0.6) is 0 Å². The molecular formula is C27H32FN3O5S. The van der Waals surface area contributed by atoms with Crippen LogP contribution in [0.4, 0.5) is 4.39 Å². The molecule has 4 rings (SSSR count). The second-order valence-electron chi connectivity index (χ2n) is 9.10. The van der Waals surface area contributed by atoms with Crippen LogP contribution in [0.15, 0.2) is 66.0 Å². The highest BCUT2D eigenvalue weighted by Gasteiger charge is 2.29. The smallest absolute Gasteiger partial charge is 0.228 e. The summed E-state index contributed by atoms with van der Waals surface area (Å²) in [5.74, 6) is -1.20. The van der Waals surface area contributed by atoms with Crippen molar-refractivity contribution in [2.24, 2.45) is 0 Å². The largest absolute Gasteiger partial charge is 0.383 e. The van der Waals surface area contributed by atoms with Gasteiger partial charge in [0.25, 0.3) is 0 Å². The third-order valence-corrected chi connectivity index (χ3v) is 7.94. The van der Waals surface area contributed by atoms with Gasteiger partial charge in [0, 0.05) is 25.8 Å². The predicted octanol–water partition coefficient (Wildman–Crippen LogP) is 3.39. The fraction of sp³-hybridized carbons (Fsp3) is 0.407. The van der Waals surface area contributed by atoms with Crippen LogP contribution in [0, 0.1) is 5.82 Å². The molecule has 2 heterocycles. The Morgan fingerprint density at radius 2 is 1.95 bits per heavy atom. The van der Waals surface area contributed by atoms with Gasteiger partial charge in [0.2, 0.25) is 20.9 Å². The molecule has 1 unspecified atom stereocenters. The van der Waals surface area contributed by atoms with Crippen LogP contribution in [-0.4, -0.2) is 61.7 Å². The summed E-state index contributed by atoms with van der Waals surface area (Å²) in [6.45, 7) is 1.72. The summed E-state index contributed by atoms with van der Waals surface area (Å²) in [6.07, 6.45) is 3.22. The van der Waals surface area contributed by atoms with E-state index in [-0.39, 0.29) is 42.2 Å². The highest BCUT2D eigenvalue weighted by Crippen LogP contribution is 2.23. The van der Waals surface area contributed by atoms with E-state index in [1.165, 1.54) is 24.4 Å². The minimum atomic E-state index is -3.98. The zero-order valence-electron chi connectivity index (χ0n) is 20.9. The first-order valence-electron chi connectivity index (χ1n) is 12.3. The van der Waals surface area contributed by atoms with Gasteiger partial charge in [0.05, 0.1) is 49.9 Å². The number of hydrogen-bond acceptors (Lipinski definition) is 6. The second-order valence-corrected chi connectivity index (χ2v) is 11.0. The second kappa shape index (κ2) is 12.4. The van der Waals surface area contributed by atoms with Crippen molar-refractivity contribution in [2.75, 3.05) is 26.9 Å². The highest BCUT2D eigenvalue weighted by molar-refractivity contribution is 7.90. The number of nitrogens with zero attached hydrogens (tertiary/aromatic N) is 3. The molecule has 1 atom stereocenters. The number of hydrogen-bond donors (Lipinski definition) is 0. The van der Waals surface area contributed by atoms with Crippen molar-refractivity contribution in [1.82, 2.24) is 14.5 Å². The van der Waals surface area contributed by atoms with E-state index in [0.717, 1.165) is 18.4 Å². The van der Waals surface area contributed by atoms with Crippen LogP contribution in [-0.2, 0) is 49.4 Å². The van der Waals surface area contributed by atoms with Crippen molar-refractivity contribution in [2.45, 2.75) is 49.4 Å². The lowest BCUT2D eigenvalue weighted by Gasteiger charge is -2.24. The molecule has 0 spiro atoms. The van der Waals surface area contributed by atoms with Crippen molar-refractivity contribution < 1.29 is 27.1 Å². The topological polar surface area (TPSA) is 90.7 Å². The van der Waals surface area contributed by atoms with E-state index >= 15 is 0 Å². The molecule has 1 aliphatic rings. The molecule has 37 heavy (non-hydrogen) atoms. The molecule has 3 aromatic rings. The molecule has 1 aromatic heterocycles. The predicted molar refractivity (Wildman–Crippen MR) is 136 cm³/mol. The van der Waals surface area contributed by atoms with Gasteiger partial charge < -0.3 is 18.9 Å². The first kappa shape index (κ1) is 27.0. The Hall–Kier alpha value is -3.08. The Balaban J connectivity index is 1.63. The van der Waals surface area contributed by atoms with Gasteiger partial charge in [-0.15, -0.1) is 0 Å². The van der Waals surface area contributed by atoms with Crippen LogP contribution in [0.2, 0.25) is 0 Å². The summed E-state index contributed by atoms with van der Waals surface area (Å²) in [4.78, 5) is 19.1. The molecule has 1 saturated heterocycles. The molecule has 0 saturated carbocycles. The highest BCUT2D eigenvalue weighted by atomic mass is 32.2. The van der Waals surface area contributed by atoms with Gasteiger partial charge in [-0.05, 0) is 24.5 Å². The van der Waals surface area contributed by atoms with Gasteiger partial charge in [-0.2, -0.15) is 0 Å². The van der Waals surface area contributed by atoms with Crippen LogP contribution >= 0.6 is 0 Å². The molecule has 0 N–H and O–H groups in total. The lowest BCUT2D eigenvalue weighted by atomic mass is 10.1. The standard InChI is InChI=1S/C27H32FN3O5S/c1-35-15-13-30(26(32)16-21-8-3-2-4-9-21)18-23-17-29-27(31(23)19-24-11-7-14-36-24)37(33,34)20-22-10-5-6-12-25(22)28/h2-6,8-10,12,17,24H,7,11,13-16,18-20H2,1H3. The summed E-state index contributed by atoms with van der Waals surface area (Å²) < 4.78 is 53.7. The third kappa shape index (κ3) is 7.03. The van der Waals surface area contributed by atoms with E-state index in [9.17, 15) is 17.6 Å². The Morgan fingerprint density at radius 3 is 2.65 bits per heavy atom. The van der Waals surface area contributed by atoms with Crippen LogP contribution < -0.4 is 0 Å². The van der Waals surface area contributed by atoms with Gasteiger partial charge >= 0.3 is 0 Å². The molecule has 2 aromatic carbocycles. The van der Waals surface area contributed by atoms with E-state index in [4.69, 9.17) is 9.47 Å². The number of rotatable bonds is 12. The quantitative estimate of drug-likeness (QED) is 0.357. The molecule has 1 fully saturated rings. The monoisotopic (exact) mass is 529 g/mol. The molecule has 1 amide bonds. The summed E-state index contributed by atoms with van der Waals surface area (Å²) in [7, 11) is -2.42. The van der Waals surface area contributed by atoms with E-state index in [0.29, 0.717) is 25.5 Å². The molecule has 10 heteroatoms. The van der Waals surface area contributed by atoms with E-state index < -0.39 is 21.4 Å². The number of carbonyl (C=O) groups is 1. The maximum absolute atomic E-state index is 14.3. The summed E-state index contributed by atoms with van der Waals surface area (Å²) >= 11 is 0. The van der Waals surface area contributed by atoms with Crippen LogP contribution in [0.1, 0.15) is 29.7 Å². The van der Waals surface area contributed by atoms with Gasteiger partial charge in [-0.3, -0.25) is 4.79 Å². The van der Waals surface area contributed by atoms with Crippen molar-refractivity contribution >= 4 is 15.7 Å².